The molecule has 2 aromatic rings. The SMILES string of the molecule is CCCCC=CC[SiH](c1ccccc1)c1ccccc1. The van der Waals surface area contributed by atoms with Crippen molar-refractivity contribution in [2.24, 2.45) is 0 Å². The van der Waals surface area contributed by atoms with Gasteiger partial charge in [-0.15, -0.1) is 0 Å². The molecule has 2 rings (SSSR count). The zero-order valence-electron chi connectivity index (χ0n) is 12.3. The lowest BCUT2D eigenvalue weighted by molar-refractivity contribution is 0.814. The molecule has 0 atom stereocenters. The summed E-state index contributed by atoms with van der Waals surface area (Å²) in [6, 6.07) is 23.3. The minimum absolute atomic E-state index is 1.09. The molecular formula is C19H24Si. The molecule has 0 amide bonds. The fraction of sp³-hybridized carbons (Fsp3) is 0.263. The average molecular weight is 280 g/mol. The van der Waals surface area contributed by atoms with E-state index >= 15 is 0 Å². The summed E-state index contributed by atoms with van der Waals surface area (Å²) in [4.78, 5) is 0. The molecule has 0 aliphatic heterocycles. The van der Waals surface area contributed by atoms with E-state index in [1.807, 2.05) is 0 Å². The van der Waals surface area contributed by atoms with Crippen LogP contribution in [0.15, 0.2) is 72.8 Å². The molecular weight excluding hydrogens is 256 g/mol. The topological polar surface area (TPSA) is 0 Å². The van der Waals surface area contributed by atoms with E-state index < -0.39 is 8.80 Å². The van der Waals surface area contributed by atoms with Crippen LogP contribution in [0, 0.1) is 0 Å². The van der Waals surface area contributed by atoms with Crippen LogP contribution in [0.3, 0.4) is 0 Å². The van der Waals surface area contributed by atoms with Crippen LogP contribution in [-0.4, -0.2) is 8.80 Å². The smallest absolute Gasteiger partial charge is 0.0908 e. The van der Waals surface area contributed by atoms with Gasteiger partial charge < -0.3 is 0 Å². The van der Waals surface area contributed by atoms with E-state index in [-0.39, 0.29) is 0 Å². The molecule has 0 aliphatic carbocycles. The Balaban J connectivity index is 2.11. The number of benzene rings is 2. The highest BCUT2D eigenvalue weighted by Gasteiger charge is 2.13. The van der Waals surface area contributed by atoms with Gasteiger partial charge in [-0.1, -0.05) is 103 Å². The van der Waals surface area contributed by atoms with E-state index in [2.05, 4.69) is 79.7 Å². The molecule has 0 N–H and O–H groups in total. The van der Waals surface area contributed by atoms with E-state index in [1.165, 1.54) is 25.3 Å². The highest BCUT2D eigenvalue weighted by atomic mass is 28.3. The molecule has 0 fully saturated rings. The number of allylic oxidation sites excluding steroid dienone is 2. The first-order valence-corrected chi connectivity index (χ1v) is 9.64. The van der Waals surface area contributed by atoms with Crippen LogP contribution < -0.4 is 10.4 Å². The maximum atomic E-state index is 2.41. The Hall–Kier alpha value is -1.60. The fourth-order valence-corrected chi connectivity index (χ4v) is 5.27. The maximum Gasteiger partial charge on any atom is 0.106 e. The molecule has 0 bridgehead atoms. The van der Waals surface area contributed by atoms with Crippen molar-refractivity contribution in [3.8, 4) is 0 Å². The molecule has 0 unspecified atom stereocenters. The quantitative estimate of drug-likeness (QED) is 0.411. The second-order valence-corrected chi connectivity index (χ2v) is 8.13. The molecule has 0 saturated carbocycles. The molecule has 1 heteroatoms. The zero-order chi connectivity index (χ0) is 14.0. The van der Waals surface area contributed by atoms with Crippen molar-refractivity contribution in [1.29, 1.82) is 0 Å². The monoisotopic (exact) mass is 280 g/mol. The lowest BCUT2D eigenvalue weighted by Crippen LogP contribution is -2.41. The van der Waals surface area contributed by atoms with E-state index in [4.69, 9.17) is 0 Å². The third kappa shape index (κ3) is 4.50. The minimum atomic E-state index is -1.09. The first-order valence-electron chi connectivity index (χ1n) is 7.66. The van der Waals surface area contributed by atoms with Gasteiger partial charge in [0.25, 0.3) is 0 Å². The van der Waals surface area contributed by atoms with Crippen LogP contribution in [0.2, 0.25) is 6.04 Å². The highest BCUT2D eigenvalue weighted by molar-refractivity contribution is 6.85. The molecule has 20 heavy (non-hydrogen) atoms. The summed E-state index contributed by atoms with van der Waals surface area (Å²) in [6.45, 7) is 2.25. The molecule has 0 aromatic heterocycles. The summed E-state index contributed by atoms with van der Waals surface area (Å²) < 4.78 is 0. The average Bonchev–Trinajstić information content (AvgIpc) is 2.53. The Bertz CT molecular complexity index is 462. The predicted molar refractivity (Wildman–Crippen MR) is 92.8 cm³/mol. The lowest BCUT2D eigenvalue weighted by Gasteiger charge is -2.14. The van der Waals surface area contributed by atoms with Crippen molar-refractivity contribution in [3.05, 3.63) is 72.8 Å². The second kappa shape index (κ2) is 8.54. The number of unbranched alkanes of at least 4 members (excludes halogenated alkanes) is 2. The van der Waals surface area contributed by atoms with Crippen molar-refractivity contribution in [2.75, 3.05) is 0 Å². The van der Waals surface area contributed by atoms with Crippen LogP contribution >= 0.6 is 0 Å². The van der Waals surface area contributed by atoms with Gasteiger partial charge in [0.1, 0.15) is 8.80 Å². The largest absolute Gasteiger partial charge is 0.106 e. The van der Waals surface area contributed by atoms with Crippen LogP contribution in [0.25, 0.3) is 0 Å². The highest BCUT2D eigenvalue weighted by Crippen LogP contribution is 2.02. The van der Waals surface area contributed by atoms with Gasteiger partial charge >= 0.3 is 0 Å². The van der Waals surface area contributed by atoms with Crippen molar-refractivity contribution in [1.82, 2.24) is 0 Å². The predicted octanol–water partition coefficient (Wildman–Crippen LogP) is 3.77. The summed E-state index contributed by atoms with van der Waals surface area (Å²) in [5.74, 6) is 0. The van der Waals surface area contributed by atoms with Gasteiger partial charge in [-0.2, -0.15) is 0 Å². The summed E-state index contributed by atoms with van der Waals surface area (Å²) in [6.07, 6.45) is 8.59. The van der Waals surface area contributed by atoms with Gasteiger partial charge in [0, 0.05) is 0 Å². The van der Waals surface area contributed by atoms with Gasteiger partial charge in [-0.05, 0) is 12.5 Å². The van der Waals surface area contributed by atoms with Crippen LogP contribution in [0.1, 0.15) is 26.2 Å². The first-order chi connectivity index (χ1) is 9.92. The van der Waals surface area contributed by atoms with Gasteiger partial charge in [0.05, 0.1) is 0 Å². The fourth-order valence-electron chi connectivity index (χ4n) is 2.51. The second-order valence-electron chi connectivity index (χ2n) is 5.22. The van der Waals surface area contributed by atoms with Gasteiger partial charge in [-0.3, -0.25) is 0 Å². The zero-order valence-corrected chi connectivity index (χ0v) is 13.5. The molecule has 0 radical (unpaired) electrons. The molecule has 2 aromatic carbocycles. The molecule has 0 spiro atoms. The first kappa shape index (κ1) is 14.8. The third-order valence-electron chi connectivity index (χ3n) is 3.67. The standard InChI is InChI=1S/C19H24Si/c1-2-3-4-5-12-17-20(18-13-8-6-9-14-18)19-15-10-7-11-16-19/h5-16,20H,2-4,17H2,1H3. The Kier molecular flexibility index (Phi) is 6.32. The molecule has 0 nitrogen and oxygen atoms in total. The summed E-state index contributed by atoms with van der Waals surface area (Å²) in [5.41, 5.74) is 0. The molecule has 104 valence electrons. The number of hydrogen-bond donors (Lipinski definition) is 0. The Labute approximate surface area is 124 Å². The van der Waals surface area contributed by atoms with Gasteiger partial charge in [0.2, 0.25) is 0 Å². The van der Waals surface area contributed by atoms with E-state index in [9.17, 15) is 0 Å². The normalized spacial score (nSPS) is 11.3. The van der Waals surface area contributed by atoms with E-state index in [0.29, 0.717) is 0 Å². The minimum Gasteiger partial charge on any atom is -0.0908 e. The Morgan fingerprint density at radius 1 is 0.800 bits per heavy atom. The maximum absolute atomic E-state index is 2.41. The number of hydrogen-bond acceptors (Lipinski definition) is 0. The van der Waals surface area contributed by atoms with Crippen molar-refractivity contribution in [3.63, 3.8) is 0 Å². The van der Waals surface area contributed by atoms with E-state index in [1.54, 1.807) is 10.4 Å². The summed E-state index contributed by atoms with van der Waals surface area (Å²) in [7, 11) is -1.09. The third-order valence-corrected chi connectivity index (χ3v) is 6.79. The van der Waals surface area contributed by atoms with Crippen molar-refractivity contribution >= 4 is 19.2 Å². The summed E-state index contributed by atoms with van der Waals surface area (Å²) in [5, 5.41) is 3.08. The van der Waals surface area contributed by atoms with Crippen LogP contribution in [0.5, 0.6) is 0 Å². The Morgan fingerprint density at radius 3 is 1.85 bits per heavy atom. The van der Waals surface area contributed by atoms with Gasteiger partial charge in [-0.25, -0.2) is 0 Å². The summed E-state index contributed by atoms with van der Waals surface area (Å²) >= 11 is 0. The molecule has 0 aliphatic rings. The lowest BCUT2D eigenvalue weighted by atomic mass is 10.2. The van der Waals surface area contributed by atoms with E-state index in [0.717, 1.165) is 0 Å². The molecule has 0 saturated heterocycles. The van der Waals surface area contributed by atoms with Crippen molar-refractivity contribution in [2.45, 2.75) is 32.2 Å². The Morgan fingerprint density at radius 2 is 1.35 bits per heavy atom. The van der Waals surface area contributed by atoms with Crippen LogP contribution in [0.4, 0.5) is 0 Å². The van der Waals surface area contributed by atoms with Gasteiger partial charge in [0.15, 0.2) is 0 Å². The number of rotatable bonds is 7. The molecule has 0 heterocycles. The van der Waals surface area contributed by atoms with Crippen LogP contribution in [-0.2, 0) is 0 Å². The van der Waals surface area contributed by atoms with Crippen molar-refractivity contribution < 1.29 is 0 Å².